The maximum absolute atomic E-state index is 12.2. The van der Waals surface area contributed by atoms with Crippen LogP contribution in [0, 0.1) is 17.8 Å². The van der Waals surface area contributed by atoms with Gasteiger partial charge in [0.25, 0.3) is 5.91 Å². The molecule has 2 bridgehead atoms. The minimum absolute atomic E-state index is 0.0781. The zero-order chi connectivity index (χ0) is 17.8. The molecule has 5 nitrogen and oxygen atoms in total. The Balaban J connectivity index is 1.46. The van der Waals surface area contributed by atoms with Gasteiger partial charge >= 0.3 is 0 Å². The lowest BCUT2D eigenvalue weighted by Gasteiger charge is -2.21. The van der Waals surface area contributed by atoms with E-state index < -0.39 is 0 Å². The Labute approximate surface area is 150 Å². The van der Waals surface area contributed by atoms with Crippen LogP contribution >= 0.6 is 0 Å². The standard InChI is InChI=1S/C20H29N3O2/c1-3-23(4-2)18-9-7-15(8-10-18)20(25)22-21-19(24)13-17-12-14-5-6-16(17)11-14/h7-10,14,16-17H,3-6,11-13H2,1-2H3,(H,21,24)(H,22,25)/t14-,16-,17-/m1/s1. The summed E-state index contributed by atoms with van der Waals surface area (Å²) < 4.78 is 0. The van der Waals surface area contributed by atoms with Gasteiger partial charge in [0.15, 0.2) is 0 Å². The molecule has 0 spiro atoms. The summed E-state index contributed by atoms with van der Waals surface area (Å²) in [4.78, 5) is 26.5. The van der Waals surface area contributed by atoms with Crippen LogP contribution in [0.3, 0.4) is 0 Å². The molecule has 2 aliphatic rings. The lowest BCUT2D eigenvalue weighted by molar-refractivity contribution is -0.123. The zero-order valence-corrected chi connectivity index (χ0v) is 15.3. The van der Waals surface area contributed by atoms with Gasteiger partial charge in [0, 0.05) is 30.8 Å². The maximum Gasteiger partial charge on any atom is 0.269 e. The first kappa shape index (κ1) is 17.8. The highest BCUT2D eigenvalue weighted by atomic mass is 16.2. The second kappa shape index (κ2) is 7.89. The number of carbonyl (C=O) groups is 2. The number of hydrogen-bond acceptors (Lipinski definition) is 3. The molecule has 2 amide bonds. The van der Waals surface area contributed by atoms with E-state index in [1.54, 1.807) is 12.1 Å². The van der Waals surface area contributed by atoms with Crippen LogP contribution in [0.15, 0.2) is 24.3 Å². The molecule has 2 aliphatic carbocycles. The molecule has 3 atom stereocenters. The van der Waals surface area contributed by atoms with Crippen molar-refractivity contribution < 1.29 is 9.59 Å². The number of benzene rings is 1. The topological polar surface area (TPSA) is 61.4 Å². The molecular weight excluding hydrogens is 314 g/mol. The third-order valence-corrected chi connectivity index (χ3v) is 5.91. The average Bonchev–Trinajstić information content (AvgIpc) is 3.24. The Kier molecular flexibility index (Phi) is 5.61. The summed E-state index contributed by atoms with van der Waals surface area (Å²) in [6, 6.07) is 7.48. The van der Waals surface area contributed by atoms with Crippen LogP contribution in [-0.4, -0.2) is 24.9 Å². The van der Waals surface area contributed by atoms with Crippen molar-refractivity contribution in [2.45, 2.75) is 46.0 Å². The molecule has 5 heteroatoms. The summed E-state index contributed by atoms with van der Waals surface area (Å²) in [5.41, 5.74) is 6.77. The number of amides is 2. The summed E-state index contributed by atoms with van der Waals surface area (Å²) in [7, 11) is 0. The third-order valence-electron chi connectivity index (χ3n) is 5.91. The van der Waals surface area contributed by atoms with Crippen LogP contribution in [0.2, 0.25) is 0 Å². The predicted molar refractivity (Wildman–Crippen MR) is 99.2 cm³/mol. The van der Waals surface area contributed by atoms with E-state index in [4.69, 9.17) is 0 Å². The second-order valence-corrected chi connectivity index (χ2v) is 7.36. The molecule has 0 aliphatic heterocycles. The van der Waals surface area contributed by atoms with E-state index in [0.717, 1.165) is 30.6 Å². The first-order valence-electron chi connectivity index (χ1n) is 9.54. The summed E-state index contributed by atoms with van der Waals surface area (Å²) in [6.45, 7) is 6.08. The monoisotopic (exact) mass is 343 g/mol. The van der Waals surface area contributed by atoms with Gasteiger partial charge in [-0.25, -0.2) is 0 Å². The number of fused-ring (bicyclic) bond motifs is 2. The average molecular weight is 343 g/mol. The van der Waals surface area contributed by atoms with Crippen molar-refractivity contribution in [3.8, 4) is 0 Å². The summed E-state index contributed by atoms with van der Waals surface area (Å²) >= 11 is 0. The molecule has 2 N–H and O–H groups in total. The van der Waals surface area contributed by atoms with Gasteiger partial charge in [0.05, 0.1) is 0 Å². The molecule has 1 aromatic rings. The van der Waals surface area contributed by atoms with Crippen molar-refractivity contribution in [1.29, 1.82) is 0 Å². The Morgan fingerprint density at radius 1 is 1.04 bits per heavy atom. The minimum Gasteiger partial charge on any atom is -0.372 e. The third kappa shape index (κ3) is 4.14. The van der Waals surface area contributed by atoms with Gasteiger partial charge < -0.3 is 4.90 Å². The maximum atomic E-state index is 12.2. The number of hydrazine groups is 1. The first-order chi connectivity index (χ1) is 12.1. The predicted octanol–water partition coefficient (Wildman–Crippen LogP) is 3.12. The molecule has 0 unspecified atom stereocenters. The highest BCUT2D eigenvalue weighted by Gasteiger charge is 2.40. The smallest absolute Gasteiger partial charge is 0.269 e. The van der Waals surface area contributed by atoms with Crippen molar-refractivity contribution in [2.24, 2.45) is 17.8 Å². The number of anilines is 1. The highest BCUT2D eigenvalue weighted by molar-refractivity contribution is 5.95. The van der Waals surface area contributed by atoms with Crippen LogP contribution in [0.4, 0.5) is 5.69 Å². The van der Waals surface area contributed by atoms with Crippen LogP contribution in [-0.2, 0) is 4.79 Å². The molecular formula is C20H29N3O2. The van der Waals surface area contributed by atoms with Crippen LogP contribution in [0.5, 0.6) is 0 Å². The van der Waals surface area contributed by atoms with E-state index in [0.29, 0.717) is 17.9 Å². The molecule has 25 heavy (non-hydrogen) atoms. The van der Waals surface area contributed by atoms with Gasteiger partial charge in [0.2, 0.25) is 5.91 Å². The normalized spacial score (nSPS) is 24.2. The van der Waals surface area contributed by atoms with E-state index in [-0.39, 0.29) is 11.8 Å². The number of rotatable bonds is 6. The quantitative estimate of drug-likeness (QED) is 0.780. The van der Waals surface area contributed by atoms with Gasteiger partial charge in [-0.05, 0) is 75.1 Å². The van der Waals surface area contributed by atoms with Crippen molar-refractivity contribution >= 4 is 17.5 Å². The summed E-state index contributed by atoms with van der Waals surface area (Å²) in [6.07, 6.45) is 5.61. The lowest BCUT2D eigenvalue weighted by atomic mass is 9.86. The van der Waals surface area contributed by atoms with Gasteiger partial charge in [-0.2, -0.15) is 0 Å². The highest BCUT2D eigenvalue weighted by Crippen LogP contribution is 2.49. The molecule has 136 valence electrons. The minimum atomic E-state index is -0.271. The summed E-state index contributed by atoms with van der Waals surface area (Å²) in [5.74, 6) is 1.71. The Morgan fingerprint density at radius 2 is 1.76 bits per heavy atom. The first-order valence-corrected chi connectivity index (χ1v) is 9.54. The number of nitrogens with one attached hydrogen (secondary N) is 2. The lowest BCUT2D eigenvalue weighted by Crippen LogP contribution is -2.42. The fourth-order valence-corrected chi connectivity index (χ4v) is 4.53. The van der Waals surface area contributed by atoms with Gasteiger partial charge in [0.1, 0.15) is 0 Å². The SMILES string of the molecule is CCN(CC)c1ccc(C(=O)NNC(=O)C[C@H]2C[C@@H]3CC[C@@H]2C3)cc1. The molecule has 0 heterocycles. The van der Waals surface area contributed by atoms with Crippen molar-refractivity contribution in [3.05, 3.63) is 29.8 Å². The largest absolute Gasteiger partial charge is 0.372 e. The molecule has 2 saturated carbocycles. The van der Waals surface area contributed by atoms with E-state index in [2.05, 4.69) is 29.6 Å². The number of hydrogen-bond donors (Lipinski definition) is 2. The van der Waals surface area contributed by atoms with E-state index in [1.165, 1.54) is 25.7 Å². The number of nitrogens with zero attached hydrogens (tertiary/aromatic N) is 1. The number of carbonyl (C=O) groups excluding carboxylic acids is 2. The fraction of sp³-hybridized carbons (Fsp3) is 0.600. The molecule has 3 rings (SSSR count). The fourth-order valence-electron chi connectivity index (χ4n) is 4.53. The molecule has 2 fully saturated rings. The molecule has 0 aromatic heterocycles. The Bertz CT molecular complexity index is 610. The van der Waals surface area contributed by atoms with Gasteiger partial charge in [-0.1, -0.05) is 6.42 Å². The Hall–Kier alpha value is -2.04. The van der Waals surface area contributed by atoms with Crippen LogP contribution < -0.4 is 15.8 Å². The van der Waals surface area contributed by atoms with Gasteiger partial charge in [-0.3, -0.25) is 20.4 Å². The molecule has 1 aromatic carbocycles. The van der Waals surface area contributed by atoms with E-state index in [1.807, 2.05) is 12.1 Å². The Morgan fingerprint density at radius 3 is 2.32 bits per heavy atom. The van der Waals surface area contributed by atoms with E-state index >= 15 is 0 Å². The van der Waals surface area contributed by atoms with Gasteiger partial charge in [-0.15, -0.1) is 0 Å². The second-order valence-electron chi connectivity index (χ2n) is 7.36. The van der Waals surface area contributed by atoms with Crippen molar-refractivity contribution in [1.82, 2.24) is 10.9 Å². The zero-order valence-electron chi connectivity index (χ0n) is 15.3. The van der Waals surface area contributed by atoms with Crippen molar-refractivity contribution in [3.63, 3.8) is 0 Å². The van der Waals surface area contributed by atoms with Crippen LogP contribution in [0.1, 0.15) is 56.3 Å². The summed E-state index contributed by atoms with van der Waals surface area (Å²) in [5, 5.41) is 0. The molecule has 0 saturated heterocycles. The van der Waals surface area contributed by atoms with E-state index in [9.17, 15) is 9.59 Å². The van der Waals surface area contributed by atoms with Crippen LogP contribution in [0.25, 0.3) is 0 Å². The molecule has 0 radical (unpaired) electrons. The van der Waals surface area contributed by atoms with Crippen molar-refractivity contribution in [2.75, 3.05) is 18.0 Å².